The summed E-state index contributed by atoms with van der Waals surface area (Å²) in [7, 11) is 0. The van der Waals surface area contributed by atoms with Gasteiger partial charge in [-0.25, -0.2) is 4.57 Å². The minimum atomic E-state index is -0.527. The molecule has 0 saturated carbocycles. The molecule has 0 saturated heterocycles. The van der Waals surface area contributed by atoms with Crippen molar-refractivity contribution in [2.75, 3.05) is 5.32 Å². The highest BCUT2D eigenvalue weighted by Crippen LogP contribution is 2.26. The van der Waals surface area contributed by atoms with Crippen molar-refractivity contribution < 1.29 is 19.0 Å². The number of nitrogens with two attached hydrogens (primary N) is 1. The number of hydrogen-bond acceptors (Lipinski definition) is 4. The Bertz CT molecular complexity index is 1050. The van der Waals surface area contributed by atoms with Gasteiger partial charge >= 0.3 is 0 Å². The molecule has 31 heavy (non-hydrogen) atoms. The zero-order valence-electron chi connectivity index (χ0n) is 17.0. The van der Waals surface area contributed by atoms with E-state index in [9.17, 15) is 14.4 Å². The summed E-state index contributed by atoms with van der Waals surface area (Å²) in [6.45, 7) is 0.867. The first kappa shape index (κ1) is 22.2. The summed E-state index contributed by atoms with van der Waals surface area (Å²) in [5.74, 6) is -0.844. The zero-order valence-corrected chi connectivity index (χ0v) is 17.8. The first-order valence-electron chi connectivity index (χ1n) is 9.98. The van der Waals surface area contributed by atoms with E-state index in [2.05, 4.69) is 9.88 Å². The average Bonchev–Trinajstić information content (AvgIpc) is 2.78. The maximum absolute atomic E-state index is 12.7. The van der Waals surface area contributed by atoms with E-state index in [0.717, 1.165) is 31.1 Å². The average molecular weight is 435 g/mol. The van der Waals surface area contributed by atoms with Crippen molar-refractivity contribution in [3.63, 3.8) is 0 Å². The van der Waals surface area contributed by atoms with Crippen LogP contribution >= 0.6 is 11.8 Å². The van der Waals surface area contributed by atoms with Gasteiger partial charge in [0.2, 0.25) is 5.91 Å². The molecule has 0 atom stereocenters. The van der Waals surface area contributed by atoms with Crippen LogP contribution in [0.1, 0.15) is 40.0 Å². The third-order valence-corrected chi connectivity index (χ3v) is 5.61. The number of carbonyl (C=O) groups is 3. The molecule has 0 radical (unpaired) electrons. The van der Waals surface area contributed by atoms with Crippen molar-refractivity contribution >= 4 is 34.4 Å². The number of hydrogen-bond donors (Lipinski definition) is 2. The monoisotopic (exact) mass is 434 g/mol. The molecule has 6 nitrogen and oxygen atoms in total. The van der Waals surface area contributed by atoms with Crippen molar-refractivity contribution in [1.82, 2.24) is 0 Å². The SMILES string of the molecule is NC(=O)c1ccc(NC(=O)c2ccccc2SC(=O)CCCC[n+]2ccccc2)cc1. The molecule has 2 aromatic carbocycles. The number of aryl methyl sites for hydroxylation is 1. The van der Waals surface area contributed by atoms with Crippen molar-refractivity contribution in [2.24, 2.45) is 5.73 Å². The summed E-state index contributed by atoms with van der Waals surface area (Å²) in [4.78, 5) is 37.0. The maximum Gasteiger partial charge on any atom is 0.256 e. The standard InChI is InChI=1S/C24H23N3O3S/c25-23(29)18-11-13-19(14-12-18)26-24(30)20-8-2-3-9-21(20)31-22(28)10-4-7-17-27-15-5-1-6-16-27/h1-3,5-6,8-9,11-16H,4,7,10,17H2,(H2-,25,26,29,30)/p+1. The highest BCUT2D eigenvalue weighted by Gasteiger charge is 2.15. The Hall–Kier alpha value is -3.45. The normalized spacial score (nSPS) is 10.5. The molecule has 0 aliphatic rings. The first-order valence-corrected chi connectivity index (χ1v) is 10.8. The molecule has 0 unspecified atom stereocenters. The van der Waals surface area contributed by atoms with Gasteiger partial charge in [0, 0.05) is 41.1 Å². The summed E-state index contributed by atoms with van der Waals surface area (Å²) < 4.78 is 2.09. The van der Waals surface area contributed by atoms with Gasteiger partial charge in [-0.1, -0.05) is 30.0 Å². The molecule has 0 aliphatic heterocycles. The van der Waals surface area contributed by atoms with Gasteiger partial charge in [-0.15, -0.1) is 0 Å². The maximum atomic E-state index is 12.7. The summed E-state index contributed by atoms with van der Waals surface area (Å²) in [6.07, 6.45) is 6.15. The van der Waals surface area contributed by atoms with E-state index in [1.165, 1.54) is 0 Å². The van der Waals surface area contributed by atoms with Crippen LogP contribution in [0.4, 0.5) is 5.69 Å². The lowest BCUT2D eigenvalue weighted by atomic mass is 10.1. The van der Waals surface area contributed by atoms with Crippen LogP contribution in [-0.4, -0.2) is 16.9 Å². The fourth-order valence-corrected chi connectivity index (χ4v) is 3.89. The molecule has 1 aromatic heterocycles. The van der Waals surface area contributed by atoms with E-state index < -0.39 is 5.91 Å². The van der Waals surface area contributed by atoms with E-state index in [-0.39, 0.29) is 11.0 Å². The predicted octanol–water partition coefficient (Wildman–Crippen LogP) is 3.81. The Labute approximate surface area is 185 Å². The van der Waals surface area contributed by atoms with E-state index in [1.54, 1.807) is 48.5 Å². The molecule has 1 heterocycles. The minimum absolute atomic E-state index is 0.0316. The summed E-state index contributed by atoms with van der Waals surface area (Å²) in [6, 6.07) is 19.3. The molecular formula is C24H24N3O3S+. The van der Waals surface area contributed by atoms with Crippen molar-refractivity contribution in [2.45, 2.75) is 30.7 Å². The Morgan fingerprint density at radius 3 is 2.29 bits per heavy atom. The number of carbonyl (C=O) groups excluding carboxylic acids is 3. The fourth-order valence-electron chi connectivity index (χ4n) is 2.98. The minimum Gasteiger partial charge on any atom is -0.366 e. The van der Waals surface area contributed by atoms with Crippen molar-refractivity contribution in [1.29, 1.82) is 0 Å². The summed E-state index contributed by atoms with van der Waals surface area (Å²) in [5.41, 5.74) is 6.57. The molecule has 2 amide bonds. The van der Waals surface area contributed by atoms with Gasteiger partial charge in [-0.05, 0) is 42.8 Å². The number of amides is 2. The summed E-state index contributed by atoms with van der Waals surface area (Å²) in [5, 5.41) is 2.82. The van der Waals surface area contributed by atoms with Crippen LogP contribution in [0, 0.1) is 0 Å². The van der Waals surface area contributed by atoms with E-state index in [0.29, 0.717) is 28.1 Å². The second-order valence-electron chi connectivity index (χ2n) is 6.94. The Kier molecular flexibility index (Phi) is 7.95. The van der Waals surface area contributed by atoms with Crippen LogP contribution < -0.4 is 15.6 Å². The molecule has 3 N–H and O–H groups in total. The van der Waals surface area contributed by atoms with Gasteiger partial charge < -0.3 is 11.1 Å². The smallest absolute Gasteiger partial charge is 0.256 e. The number of thioether (sulfide) groups is 1. The van der Waals surface area contributed by atoms with E-state index >= 15 is 0 Å². The number of benzene rings is 2. The number of rotatable bonds is 9. The molecule has 0 aliphatic carbocycles. The van der Waals surface area contributed by atoms with Gasteiger partial charge in [-0.3, -0.25) is 14.4 Å². The van der Waals surface area contributed by atoms with Crippen LogP contribution in [0.3, 0.4) is 0 Å². The van der Waals surface area contributed by atoms with Gasteiger partial charge in [0.05, 0.1) is 5.56 Å². The summed E-state index contributed by atoms with van der Waals surface area (Å²) >= 11 is 1.09. The Balaban J connectivity index is 1.54. The quantitative estimate of drug-likeness (QED) is 0.304. The van der Waals surface area contributed by atoms with Crippen LogP contribution in [-0.2, 0) is 11.3 Å². The van der Waals surface area contributed by atoms with Crippen LogP contribution in [0.15, 0.2) is 84.0 Å². The number of nitrogens with one attached hydrogen (secondary N) is 1. The number of primary amides is 1. The third-order valence-electron chi connectivity index (χ3n) is 4.61. The second-order valence-corrected chi connectivity index (χ2v) is 8.04. The lowest BCUT2D eigenvalue weighted by Crippen LogP contribution is -2.32. The fraction of sp³-hybridized carbons (Fsp3) is 0.167. The largest absolute Gasteiger partial charge is 0.366 e. The molecule has 3 rings (SSSR count). The lowest BCUT2D eigenvalue weighted by Gasteiger charge is -2.10. The van der Waals surface area contributed by atoms with Gasteiger partial charge in [-0.2, -0.15) is 0 Å². The molecule has 7 heteroatoms. The van der Waals surface area contributed by atoms with Gasteiger partial charge in [0.15, 0.2) is 17.5 Å². The second kappa shape index (κ2) is 11.1. The van der Waals surface area contributed by atoms with Gasteiger partial charge in [0.25, 0.3) is 5.91 Å². The lowest BCUT2D eigenvalue weighted by molar-refractivity contribution is -0.697. The van der Waals surface area contributed by atoms with Crippen LogP contribution in [0.25, 0.3) is 0 Å². The molecule has 0 fully saturated rings. The highest BCUT2D eigenvalue weighted by molar-refractivity contribution is 8.13. The van der Waals surface area contributed by atoms with E-state index in [1.807, 2.05) is 30.6 Å². The van der Waals surface area contributed by atoms with Crippen LogP contribution in [0.2, 0.25) is 0 Å². The predicted molar refractivity (Wildman–Crippen MR) is 121 cm³/mol. The molecule has 0 spiro atoms. The first-order chi connectivity index (χ1) is 15.0. The van der Waals surface area contributed by atoms with Crippen molar-refractivity contribution in [3.8, 4) is 0 Å². The topological polar surface area (TPSA) is 93.1 Å². The molecule has 158 valence electrons. The Morgan fingerprint density at radius 1 is 0.871 bits per heavy atom. The number of aromatic nitrogens is 1. The van der Waals surface area contributed by atoms with E-state index in [4.69, 9.17) is 5.73 Å². The number of unbranched alkanes of at least 4 members (excludes halogenated alkanes) is 1. The molecule has 3 aromatic rings. The number of anilines is 1. The Morgan fingerprint density at radius 2 is 1.58 bits per heavy atom. The number of pyridine rings is 1. The van der Waals surface area contributed by atoms with Crippen molar-refractivity contribution in [3.05, 3.63) is 90.3 Å². The van der Waals surface area contributed by atoms with Crippen LogP contribution in [0.5, 0.6) is 0 Å². The number of nitrogens with zero attached hydrogens (tertiary/aromatic N) is 1. The highest BCUT2D eigenvalue weighted by atomic mass is 32.2. The zero-order chi connectivity index (χ0) is 22.1. The third kappa shape index (κ3) is 6.79. The van der Waals surface area contributed by atoms with Gasteiger partial charge in [0.1, 0.15) is 6.54 Å². The molecular weight excluding hydrogens is 410 g/mol. The molecule has 0 bridgehead atoms.